The molecule has 0 spiro atoms. The molecule has 0 radical (unpaired) electrons. The van der Waals surface area contributed by atoms with Gasteiger partial charge in [0.15, 0.2) is 0 Å². The van der Waals surface area contributed by atoms with Crippen molar-refractivity contribution in [1.29, 1.82) is 0 Å². The topological polar surface area (TPSA) is 0 Å². The molecule has 20 heavy (non-hydrogen) atoms. The highest BCUT2D eigenvalue weighted by molar-refractivity contribution is 6.23. The molecule has 0 N–H and O–H groups in total. The molecule has 0 bridgehead atoms. The van der Waals surface area contributed by atoms with Gasteiger partial charge < -0.3 is 0 Å². The first-order chi connectivity index (χ1) is 9.88. The maximum atomic E-state index is 5.24. The van der Waals surface area contributed by atoms with Crippen LogP contribution in [0.4, 0.5) is 0 Å². The average Bonchev–Trinajstić information content (AvgIpc) is 2.51. The van der Waals surface area contributed by atoms with Crippen LogP contribution in [0, 0.1) is 24.2 Å². The number of hydrogen-bond donors (Lipinski definition) is 0. The van der Waals surface area contributed by atoms with E-state index in [9.17, 15) is 0 Å². The van der Waals surface area contributed by atoms with Gasteiger partial charge in [0.05, 0.1) is 0 Å². The van der Waals surface area contributed by atoms with Gasteiger partial charge in [-0.2, -0.15) is 0 Å². The van der Waals surface area contributed by atoms with Gasteiger partial charge in [0, 0.05) is 5.56 Å². The lowest BCUT2D eigenvalue weighted by atomic mass is 9.92. The van der Waals surface area contributed by atoms with E-state index in [1.165, 1.54) is 32.3 Å². The second-order valence-electron chi connectivity index (χ2n) is 4.86. The number of hydrogen-bond acceptors (Lipinski definition) is 0. The Bertz CT molecular complexity index is 1030. The molecule has 0 aliphatic heterocycles. The Morgan fingerprint density at radius 3 is 2.10 bits per heavy atom. The highest BCUT2D eigenvalue weighted by Gasteiger charge is 2.09. The minimum absolute atomic E-state index is 0.994. The van der Waals surface area contributed by atoms with Gasteiger partial charge in [-0.15, -0.1) is 6.42 Å². The molecule has 0 aliphatic rings. The van der Waals surface area contributed by atoms with Crippen molar-refractivity contribution in [2.75, 3.05) is 0 Å². The van der Waals surface area contributed by atoms with Crippen LogP contribution in [-0.2, 0) is 0 Å². The largest absolute Gasteiger partial charge is 0.106 e. The fourth-order valence-electron chi connectivity index (χ4n) is 2.95. The molecule has 4 rings (SSSR count). The van der Waals surface area contributed by atoms with Crippen LogP contribution in [0.2, 0.25) is 0 Å². The fraction of sp³-hybridized carbons (Fsp3) is 0. The van der Waals surface area contributed by atoms with Crippen LogP contribution in [0.15, 0.2) is 54.6 Å². The lowest BCUT2D eigenvalue weighted by molar-refractivity contribution is 1.74. The number of rotatable bonds is 0. The molecule has 0 atom stereocenters. The van der Waals surface area contributed by atoms with E-state index in [4.69, 9.17) is 6.42 Å². The van der Waals surface area contributed by atoms with Crippen LogP contribution in [0.25, 0.3) is 32.3 Å². The average molecular weight is 250 g/mol. The predicted octanol–water partition coefficient (Wildman–Crippen LogP) is 4.57. The monoisotopic (exact) mass is 250 g/mol. The van der Waals surface area contributed by atoms with Crippen molar-refractivity contribution in [2.24, 2.45) is 0 Å². The number of terminal acetylenes is 1. The van der Waals surface area contributed by atoms with Gasteiger partial charge >= 0.3 is 0 Å². The first-order valence-electron chi connectivity index (χ1n) is 6.51. The Hall–Kier alpha value is -2.96. The predicted molar refractivity (Wildman–Crippen MR) is 85.9 cm³/mol. The quantitative estimate of drug-likeness (QED) is 0.317. The van der Waals surface area contributed by atoms with Crippen molar-refractivity contribution in [3.8, 4) is 24.2 Å². The molecule has 0 amide bonds. The Kier molecular flexibility index (Phi) is 2.19. The van der Waals surface area contributed by atoms with Crippen molar-refractivity contribution in [1.82, 2.24) is 0 Å². The van der Waals surface area contributed by atoms with Crippen molar-refractivity contribution >= 4 is 32.3 Å². The molecule has 0 unspecified atom stereocenters. The van der Waals surface area contributed by atoms with E-state index >= 15 is 0 Å². The van der Waals surface area contributed by atoms with Crippen molar-refractivity contribution in [3.05, 3.63) is 60.2 Å². The van der Waals surface area contributed by atoms with E-state index in [1.54, 1.807) is 0 Å². The molecule has 0 heterocycles. The summed E-state index contributed by atoms with van der Waals surface area (Å²) in [6.07, 6.45) is 5.24. The summed E-state index contributed by atoms with van der Waals surface area (Å²) in [5, 5.41) is 7.55. The molecule has 0 saturated carbocycles. The standard InChI is InChI=1S/C20H10/c1-2-3-5-14-8-9-17-11-10-15-6-4-7-16-12-13-18(14)20(17)19(15)16/h1,4,6-13H. The van der Waals surface area contributed by atoms with Gasteiger partial charge in [0.2, 0.25) is 0 Å². The third-order valence-electron chi connectivity index (χ3n) is 3.80. The van der Waals surface area contributed by atoms with Crippen LogP contribution in [-0.4, -0.2) is 0 Å². The summed E-state index contributed by atoms with van der Waals surface area (Å²) in [4.78, 5) is 0. The highest BCUT2D eigenvalue weighted by Crippen LogP contribution is 2.35. The summed E-state index contributed by atoms with van der Waals surface area (Å²) >= 11 is 0. The lowest BCUT2D eigenvalue weighted by Crippen LogP contribution is -1.86. The van der Waals surface area contributed by atoms with E-state index in [-0.39, 0.29) is 0 Å². The molecule has 0 aromatic heterocycles. The van der Waals surface area contributed by atoms with E-state index in [1.807, 2.05) is 6.07 Å². The Balaban J connectivity index is 2.30. The van der Waals surface area contributed by atoms with Crippen LogP contribution in [0.3, 0.4) is 0 Å². The Labute approximate surface area is 117 Å². The van der Waals surface area contributed by atoms with Crippen molar-refractivity contribution in [3.63, 3.8) is 0 Å². The zero-order valence-corrected chi connectivity index (χ0v) is 10.8. The van der Waals surface area contributed by atoms with Gasteiger partial charge in [-0.3, -0.25) is 0 Å². The van der Waals surface area contributed by atoms with Crippen LogP contribution >= 0.6 is 0 Å². The van der Waals surface area contributed by atoms with Gasteiger partial charge in [-0.25, -0.2) is 0 Å². The summed E-state index contributed by atoms with van der Waals surface area (Å²) in [6, 6.07) is 19.2. The second kappa shape index (κ2) is 4.02. The van der Waals surface area contributed by atoms with Gasteiger partial charge in [-0.1, -0.05) is 54.5 Å². The summed E-state index contributed by atoms with van der Waals surface area (Å²) in [7, 11) is 0. The van der Waals surface area contributed by atoms with Gasteiger partial charge in [-0.05, 0) is 50.2 Å². The smallest absolute Gasteiger partial charge is 0.0334 e. The van der Waals surface area contributed by atoms with E-state index in [2.05, 4.69) is 66.3 Å². The van der Waals surface area contributed by atoms with Crippen LogP contribution in [0.5, 0.6) is 0 Å². The Morgan fingerprint density at radius 1 is 0.700 bits per heavy atom. The third-order valence-corrected chi connectivity index (χ3v) is 3.80. The molecular formula is C20H10. The molecular weight excluding hydrogens is 240 g/mol. The Morgan fingerprint density at radius 2 is 1.35 bits per heavy atom. The molecule has 4 aromatic rings. The lowest BCUT2D eigenvalue weighted by Gasteiger charge is -2.11. The maximum absolute atomic E-state index is 5.24. The summed E-state index contributed by atoms with van der Waals surface area (Å²) < 4.78 is 0. The van der Waals surface area contributed by atoms with Crippen LogP contribution < -0.4 is 0 Å². The maximum Gasteiger partial charge on any atom is 0.0334 e. The normalized spacial score (nSPS) is 10.6. The molecule has 0 aliphatic carbocycles. The first-order valence-corrected chi connectivity index (χ1v) is 6.51. The minimum atomic E-state index is 0.994. The fourth-order valence-corrected chi connectivity index (χ4v) is 2.95. The molecule has 0 nitrogen and oxygen atoms in total. The minimum Gasteiger partial charge on any atom is -0.106 e. The molecule has 4 aromatic carbocycles. The van der Waals surface area contributed by atoms with E-state index in [0.29, 0.717) is 0 Å². The zero-order chi connectivity index (χ0) is 13.5. The van der Waals surface area contributed by atoms with Crippen molar-refractivity contribution in [2.45, 2.75) is 0 Å². The zero-order valence-electron chi connectivity index (χ0n) is 10.8. The summed E-state index contributed by atoms with van der Waals surface area (Å²) in [5.74, 6) is 8.16. The highest BCUT2D eigenvalue weighted by atomic mass is 14.1. The van der Waals surface area contributed by atoms with Gasteiger partial charge in [0.25, 0.3) is 0 Å². The first kappa shape index (κ1) is 10.9. The second-order valence-corrected chi connectivity index (χ2v) is 4.86. The summed E-state index contributed by atoms with van der Waals surface area (Å²) in [6.45, 7) is 0. The summed E-state index contributed by atoms with van der Waals surface area (Å²) in [5.41, 5.74) is 0.994. The molecule has 0 fully saturated rings. The molecule has 0 saturated heterocycles. The molecule has 0 heteroatoms. The van der Waals surface area contributed by atoms with Crippen LogP contribution in [0.1, 0.15) is 5.56 Å². The van der Waals surface area contributed by atoms with Crippen molar-refractivity contribution < 1.29 is 0 Å². The molecule has 90 valence electrons. The SMILES string of the molecule is C#CC#Cc1ccc2ccc3cccc4ccc1c2c34. The number of benzene rings is 4. The van der Waals surface area contributed by atoms with Gasteiger partial charge in [0.1, 0.15) is 0 Å². The third kappa shape index (κ3) is 1.40. The van der Waals surface area contributed by atoms with E-state index < -0.39 is 0 Å². The van der Waals surface area contributed by atoms with E-state index in [0.717, 1.165) is 5.56 Å².